The van der Waals surface area contributed by atoms with Gasteiger partial charge in [0.05, 0.1) is 22.1 Å². The Kier molecular flexibility index (Phi) is 5.64. The Balaban J connectivity index is 1.51. The molecule has 0 saturated heterocycles. The molecule has 0 aliphatic heterocycles. The number of ether oxygens (including phenoxy) is 1. The van der Waals surface area contributed by atoms with Gasteiger partial charge in [-0.2, -0.15) is 0 Å². The number of rotatable bonds is 7. The summed E-state index contributed by atoms with van der Waals surface area (Å²) in [7, 11) is 0. The summed E-state index contributed by atoms with van der Waals surface area (Å²) >= 11 is 3.64. The molecule has 5 heteroatoms. The van der Waals surface area contributed by atoms with Crippen LogP contribution in [0.25, 0.3) is 21.8 Å². The van der Waals surface area contributed by atoms with Crippen LogP contribution < -0.4 is 4.74 Å². The normalized spacial score (nSPS) is 12.5. The van der Waals surface area contributed by atoms with Gasteiger partial charge in [-0.05, 0) is 51.3 Å². The lowest BCUT2D eigenvalue weighted by Gasteiger charge is -2.17. The molecule has 0 bridgehead atoms. The number of imidazole rings is 1. The Bertz CT molecular complexity index is 1110. The first-order chi connectivity index (χ1) is 13.7. The highest BCUT2D eigenvalue weighted by atomic mass is 79.9. The Morgan fingerprint density at radius 1 is 1.07 bits per heavy atom. The molecule has 1 heterocycles. The van der Waals surface area contributed by atoms with Crippen molar-refractivity contribution >= 4 is 37.7 Å². The van der Waals surface area contributed by atoms with Crippen LogP contribution in [0.1, 0.15) is 19.2 Å². The number of fused-ring (bicyclic) bond motifs is 2. The zero-order chi connectivity index (χ0) is 19.5. The number of hydrogen-bond acceptors (Lipinski definition) is 3. The monoisotopic (exact) mass is 438 g/mol. The second-order valence-corrected chi connectivity index (χ2v) is 7.73. The standard InChI is InChI=1S/C23H23BrN2O2/c1-2-7-22-25-19-10-5-6-11-20(19)26(22)14-17(27)15-28-21-13-12-16-8-3-4-9-18(16)23(21)24/h3-6,8-13,17,27H,2,7,14-15H2,1H3/t17-/m0/s1. The fourth-order valence-electron chi connectivity index (χ4n) is 3.52. The molecule has 0 saturated carbocycles. The number of nitrogens with zero attached hydrogens (tertiary/aromatic N) is 2. The van der Waals surface area contributed by atoms with Crippen LogP contribution in [0.15, 0.2) is 65.1 Å². The van der Waals surface area contributed by atoms with Crippen LogP contribution >= 0.6 is 15.9 Å². The van der Waals surface area contributed by atoms with Crippen molar-refractivity contribution in [1.29, 1.82) is 0 Å². The maximum atomic E-state index is 10.6. The molecule has 0 aliphatic rings. The molecular weight excluding hydrogens is 416 g/mol. The minimum atomic E-state index is -0.633. The lowest BCUT2D eigenvalue weighted by atomic mass is 10.1. The summed E-state index contributed by atoms with van der Waals surface area (Å²) < 4.78 is 8.96. The van der Waals surface area contributed by atoms with Crippen LogP contribution in [0.5, 0.6) is 5.75 Å². The van der Waals surface area contributed by atoms with Gasteiger partial charge >= 0.3 is 0 Å². The molecule has 0 aliphatic carbocycles. The Hall–Kier alpha value is -2.37. The first-order valence-corrected chi connectivity index (χ1v) is 10.4. The predicted molar refractivity (Wildman–Crippen MR) is 117 cm³/mol. The number of aliphatic hydroxyl groups is 1. The molecule has 4 nitrogen and oxygen atoms in total. The number of benzene rings is 3. The van der Waals surface area contributed by atoms with Crippen molar-refractivity contribution in [2.75, 3.05) is 6.61 Å². The van der Waals surface area contributed by atoms with Gasteiger partial charge in [0.1, 0.15) is 24.3 Å². The zero-order valence-electron chi connectivity index (χ0n) is 15.8. The van der Waals surface area contributed by atoms with Crippen LogP contribution in [0, 0.1) is 0 Å². The highest BCUT2D eigenvalue weighted by Crippen LogP contribution is 2.33. The molecule has 28 heavy (non-hydrogen) atoms. The number of aryl methyl sites for hydroxylation is 1. The van der Waals surface area contributed by atoms with Gasteiger partial charge < -0.3 is 14.4 Å². The highest BCUT2D eigenvalue weighted by Gasteiger charge is 2.15. The summed E-state index contributed by atoms with van der Waals surface area (Å²) in [5.41, 5.74) is 2.02. The number of aliphatic hydroxyl groups excluding tert-OH is 1. The van der Waals surface area contributed by atoms with E-state index < -0.39 is 6.10 Å². The molecule has 4 rings (SSSR count). The summed E-state index contributed by atoms with van der Waals surface area (Å²) in [5, 5.41) is 12.9. The summed E-state index contributed by atoms with van der Waals surface area (Å²) in [6.45, 7) is 2.82. The maximum absolute atomic E-state index is 10.6. The fraction of sp³-hybridized carbons (Fsp3) is 0.261. The van der Waals surface area contributed by atoms with Gasteiger partial charge in [-0.15, -0.1) is 0 Å². The van der Waals surface area contributed by atoms with E-state index in [4.69, 9.17) is 9.72 Å². The van der Waals surface area contributed by atoms with E-state index in [1.54, 1.807) is 0 Å². The molecular formula is C23H23BrN2O2. The van der Waals surface area contributed by atoms with Crippen molar-refractivity contribution in [3.8, 4) is 5.75 Å². The highest BCUT2D eigenvalue weighted by molar-refractivity contribution is 9.10. The average Bonchev–Trinajstić information content (AvgIpc) is 3.05. The van der Waals surface area contributed by atoms with E-state index in [0.29, 0.717) is 6.54 Å². The van der Waals surface area contributed by atoms with Crippen LogP contribution in [-0.2, 0) is 13.0 Å². The van der Waals surface area contributed by atoms with E-state index >= 15 is 0 Å². The predicted octanol–water partition coefficient (Wildman–Crippen LogP) is 5.34. The molecule has 1 atom stereocenters. The summed E-state index contributed by atoms with van der Waals surface area (Å²) in [5.74, 6) is 1.75. The van der Waals surface area contributed by atoms with Gasteiger partial charge in [-0.25, -0.2) is 4.98 Å². The third-order valence-electron chi connectivity index (χ3n) is 4.86. The third-order valence-corrected chi connectivity index (χ3v) is 5.68. The van der Waals surface area contributed by atoms with E-state index in [1.165, 1.54) is 0 Å². The van der Waals surface area contributed by atoms with E-state index in [0.717, 1.165) is 50.7 Å². The molecule has 0 fully saturated rings. The van der Waals surface area contributed by atoms with E-state index in [2.05, 4.69) is 45.6 Å². The molecule has 4 aromatic rings. The SMILES string of the molecule is CCCc1nc2ccccc2n1C[C@H](O)COc1ccc2ccccc2c1Br. The van der Waals surface area contributed by atoms with Gasteiger partial charge in [0.25, 0.3) is 0 Å². The van der Waals surface area contributed by atoms with Crippen LogP contribution in [0.2, 0.25) is 0 Å². The van der Waals surface area contributed by atoms with E-state index in [9.17, 15) is 5.11 Å². The minimum Gasteiger partial charge on any atom is -0.490 e. The molecule has 0 unspecified atom stereocenters. The zero-order valence-corrected chi connectivity index (χ0v) is 17.4. The molecule has 1 aromatic heterocycles. The van der Waals surface area contributed by atoms with E-state index in [-0.39, 0.29) is 6.61 Å². The van der Waals surface area contributed by atoms with Gasteiger partial charge in [-0.1, -0.05) is 49.4 Å². The van der Waals surface area contributed by atoms with Crippen molar-refractivity contribution < 1.29 is 9.84 Å². The maximum Gasteiger partial charge on any atom is 0.134 e. The van der Waals surface area contributed by atoms with Crippen LogP contribution in [0.3, 0.4) is 0 Å². The third kappa shape index (κ3) is 3.77. The molecule has 144 valence electrons. The lowest BCUT2D eigenvalue weighted by molar-refractivity contribution is 0.0924. The van der Waals surface area contributed by atoms with Gasteiger partial charge in [0, 0.05) is 6.42 Å². The number of para-hydroxylation sites is 2. The second kappa shape index (κ2) is 8.33. The summed E-state index contributed by atoms with van der Waals surface area (Å²) in [6.07, 6.45) is 1.27. The van der Waals surface area contributed by atoms with Crippen LogP contribution in [-0.4, -0.2) is 27.4 Å². The molecule has 0 radical (unpaired) electrons. The minimum absolute atomic E-state index is 0.217. The first kappa shape index (κ1) is 19.0. The smallest absolute Gasteiger partial charge is 0.134 e. The van der Waals surface area contributed by atoms with Crippen molar-refractivity contribution in [2.24, 2.45) is 0 Å². The summed E-state index contributed by atoms with van der Waals surface area (Å²) in [6, 6.07) is 20.2. The van der Waals surface area contributed by atoms with Gasteiger partial charge in [0.15, 0.2) is 0 Å². The Labute approximate surface area is 172 Å². The van der Waals surface area contributed by atoms with Gasteiger partial charge in [0.2, 0.25) is 0 Å². The Morgan fingerprint density at radius 2 is 1.86 bits per heavy atom. The summed E-state index contributed by atoms with van der Waals surface area (Å²) in [4.78, 5) is 4.73. The molecule has 0 spiro atoms. The largest absolute Gasteiger partial charge is 0.490 e. The second-order valence-electron chi connectivity index (χ2n) is 6.94. The van der Waals surface area contributed by atoms with Crippen molar-refractivity contribution in [2.45, 2.75) is 32.4 Å². The first-order valence-electron chi connectivity index (χ1n) is 9.59. The topological polar surface area (TPSA) is 47.3 Å². The molecule has 3 aromatic carbocycles. The average molecular weight is 439 g/mol. The molecule has 0 amide bonds. The number of aromatic nitrogens is 2. The van der Waals surface area contributed by atoms with Crippen molar-refractivity contribution in [1.82, 2.24) is 9.55 Å². The lowest BCUT2D eigenvalue weighted by Crippen LogP contribution is -2.24. The van der Waals surface area contributed by atoms with Gasteiger partial charge in [-0.3, -0.25) is 0 Å². The number of hydrogen-bond donors (Lipinski definition) is 1. The molecule has 1 N–H and O–H groups in total. The van der Waals surface area contributed by atoms with Crippen molar-refractivity contribution in [3.63, 3.8) is 0 Å². The number of halogens is 1. The van der Waals surface area contributed by atoms with E-state index in [1.807, 2.05) is 42.5 Å². The quantitative estimate of drug-likeness (QED) is 0.423. The van der Waals surface area contributed by atoms with Crippen molar-refractivity contribution in [3.05, 3.63) is 71.0 Å². The Morgan fingerprint density at radius 3 is 2.71 bits per heavy atom. The van der Waals surface area contributed by atoms with Crippen LogP contribution in [0.4, 0.5) is 0 Å². The fourth-order valence-corrected chi connectivity index (χ4v) is 4.13.